The SMILES string of the molecule is CC(C)(CCOS(C)(=O)=O)n1cc(-c2ccnc3c2ccn3COCC[Si](C)(C)C)cn1. The second-order valence-corrected chi connectivity index (χ2v) is 17.3. The highest BCUT2D eigenvalue weighted by Gasteiger charge is 2.23. The van der Waals surface area contributed by atoms with E-state index in [2.05, 4.69) is 35.8 Å². The van der Waals surface area contributed by atoms with Crippen molar-refractivity contribution in [3.63, 3.8) is 0 Å². The van der Waals surface area contributed by atoms with Gasteiger partial charge in [0, 0.05) is 44.2 Å². The highest BCUT2D eigenvalue weighted by molar-refractivity contribution is 7.85. The largest absolute Gasteiger partial charge is 0.361 e. The summed E-state index contributed by atoms with van der Waals surface area (Å²) < 4.78 is 37.2. The summed E-state index contributed by atoms with van der Waals surface area (Å²) in [4.78, 5) is 4.56. The second-order valence-electron chi connectivity index (χ2n) is 9.99. The van der Waals surface area contributed by atoms with Gasteiger partial charge >= 0.3 is 0 Å². The van der Waals surface area contributed by atoms with Crippen LogP contribution in [-0.4, -0.2) is 55.3 Å². The van der Waals surface area contributed by atoms with Gasteiger partial charge in [-0.25, -0.2) is 4.98 Å². The first-order valence-electron chi connectivity index (χ1n) is 10.8. The van der Waals surface area contributed by atoms with Crippen LogP contribution in [0, 0.1) is 0 Å². The maximum atomic E-state index is 11.2. The third-order valence-electron chi connectivity index (χ3n) is 5.41. The third-order valence-corrected chi connectivity index (χ3v) is 7.71. The lowest BCUT2D eigenvalue weighted by molar-refractivity contribution is 0.0899. The molecule has 3 heterocycles. The van der Waals surface area contributed by atoms with Gasteiger partial charge in [0.05, 0.1) is 24.6 Å². The highest BCUT2D eigenvalue weighted by atomic mass is 32.2. The Morgan fingerprint density at radius 2 is 1.91 bits per heavy atom. The van der Waals surface area contributed by atoms with Crippen molar-refractivity contribution in [3.05, 3.63) is 36.9 Å². The molecule has 0 unspecified atom stereocenters. The quantitative estimate of drug-likeness (QED) is 0.232. The van der Waals surface area contributed by atoms with Crippen LogP contribution in [0.3, 0.4) is 0 Å². The van der Waals surface area contributed by atoms with E-state index in [0.717, 1.165) is 41.1 Å². The van der Waals surface area contributed by atoms with Crippen LogP contribution in [0.25, 0.3) is 22.2 Å². The van der Waals surface area contributed by atoms with Gasteiger partial charge in [0.2, 0.25) is 0 Å². The molecule has 0 amide bonds. The van der Waals surface area contributed by atoms with Crippen molar-refractivity contribution in [3.8, 4) is 11.1 Å². The Hall–Kier alpha value is -2.01. The predicted octanol–water partition coefficient (Wildman–Crippen LogP) is 4.31. The highest BCUT2D eigenvalue weighted by Crippen LogP contribution is 2.30. The first kappa shape index (κ1) is 24.6. The summed E-state index contributed by atoms with van der Waals surface area (Å²) in [5.41, 5.74) is 2.51. The number of pyridine rings is 1. The fourth-order valence-electron chi connectivity index (χ4n) is 3.34. The Morgan fingerprint density at radius 1 is 1.16 bits per heavy atom. The van der Waals surface area contributed by atoms with Crippen molar-refractivity contribution in [2.75, 3.05) is 19.5 Å². The summed E-state index contributed by atoms with van der Waals surface area (Å²) in [5.74, 6) is 0. The molecule has 0 radical (unpaired) electrons. The lowest BCUT2D eigenvalue weighted by Crippen LogP contribution is -2.28. The molecular formula is C22H34N4O4SSi. The Bertz CT molecular complexity index is 1160. The van der Waals surface area contributed by atoms with E-state index in [9.17, 15) is 8.42 Å². The molecule has 0 aliphatic heterocycles. The second kappa shape index (κ2) is 9.46. The zero-order valence-electron chi connectivity index (χ0n) is 19.8. The summed E-state index contributed by atoms with van der Waals surface area (Å²) in [6.45, 7) is 12.4. The first-order valence-corrected chi connectivity index (χ1v) is 16.3. The minimum Gasteiger partial charge on any atom is -0.361 e. The van der Waals surface area contributed by atoms with Gasteiger partial charge in [0.25, 0.3) is 10.1 Å². The van der Waals surface area contributed by atoms with Gasteiger partial charge in [-0.05, 0) is 44.0 Å². The lowest BCUT2D eigenvalue weighted by atomic mass is 10.0. The maximum absolute atomic E-state index is 11.2. The molecule has 10 heteroatoms. The van der Waals surface area contributed by atoms with Gasteiger partial charge in [0.1, 0.15) is 12.4 Å². The van der Waals surface area contributed by atoms with Crippen molar-refractivity contribution < 1.29 is 17.3 Å². The Balaban J connectivity index is 1.75. The van der Waals surface area contributed by atoms with Crippen molar-refractivity contribution in [2.45, 2.75) is 58.2 Å². The summed E-state index contributed by atoms with van der Waals surface area (Å²) >= 11 is 0. The normalized spacial score (nSPS) is 13.2. The van der Waals surface area contributed by atoms with Gasteiger partial charge in [-0.1, -0.05) is 19.6 Å². The van der Waals surface area contributed by atoms with E-state index in [4.69, 9.17) is 8.92 Å². The molecule has 3 aromatic heterocycles. The molecule has 176 valence electrons. The minimum atomic E-state index is -3.45. The third kappa shape index (κ3) is 6.50. The number of aromatic nitrogens is 4. The van der Waals surface area contributed by atoms with E-state index in [-0.39, 0.29) is 6.61 Å². The molecule has 0 bridgehead atoms. The van der Waals surface area contributed by atoms with Gasteiger partial charge in [0.15, 0.2) is 0 Å². The van der Waals surface area contributed by atoms with Crippen LogP contribution >= 0.6 is 0 Å². The zero-order chi connectivity index (χ0) is 23.6. The van der Waals surface area contributed by atoms with Gasteiger partial charge < -0.3 is 9.30 Å². The molecule has 0 aliphatic rings. The Morgan fingerprint density at radius 3 is 2.59 bits per heavy atom. The van der Waals surface area contributed by atoms with Crippen LogP contribution in [0.1, 0.15) is 20.3 Å². The number of nitrogens with zero attached hydrogens (tertiary/aromatic N) is 4. The number of ether oxygens (including phenoxy) is 1. The molecule has 0 saturated carbocycles. The van der Waals surface area contributed by atoms with E-state index in [1.807, 2.05) is 47.8 Å². The smallest absolute Gasteiger partial charge is 0.264 e. The number of hydrogen-bond donors (Lipinski definition) is 0. The molecule has 32 heavy (non-hydrogen) atoms. The van der Waals surface area contributed by atoms with Crippen molar-refractivity contribution in [1.29, 1.82) is 0 Å². The number of fused-ring (bicyclic) bond motifs is 1. The average molecular weight is 479 g/mol. The molecule has 0 spiro atoms. The van der Waals surface area contributed by atoms with Crippen molar-refractivity contribution >= 4 is 29.2 Å². The summed E-state index contributed by atoms with van der Waals surface area (Å²) in [5, 5.41) is 5.58. The molecule has 0 fully saturated rings. The summed E-state index contributed by atoms with van der Waals surface area (Å²) in [6, 6.07) is 5.18. The van der Waals surface area contributed by atoms with Crippen LogP contribution in [0.15, 0.2) is 36.9 Å². The average Bonchev–Trinajstić information content (AvgIpc) is 3.31. The van der Waals surface area contributed by atoms with E-state index < -0.39 is 23.7 Å². The van der Waals surface area contributed by atoms with E-state index >= 15 is 0 Å². The van der Waals surface area contributed by atoms with Crippen LogP contribution < -0.4 is 0 Å². The molecule has 3 aromatic rings. The van der Waals surface area contributed by atoms with Crippen molar-refractivity contribution in [1.82, 2.24) is 19.3 Å². The topological polar surface area (TPSA) is 88.2 Å². The lowest BCUT2D eigenvalue weighted by Gasteiger charge is -2.25. The fourth-order valence-corrected chi connectivity index (χ4v) is 4.48. The minimum absolute atomic E-state index is 0.112. The molecule has 0 aromatic carbocycles. The standard InChI is InChI=1S/C22H34N4O4SSi/c1-22(2,9-12-30-31(3,27)28)26-16-18(15-24-26)19-7-10-23-21-20(19)8-11-25(21)17-29-13-14-32(4,5)6/h7-8,10-11,15-16H,9,12-14,17H2,1-6H3. The molecule has 0 aliphatic carbocycles. The molecule has 3 rings (SSSR count). The molecule has 0 saturated heterocycles. The zero-order valence-corrected chi connectivity index (χ0v) is 21.6. The Kier molecular flexibility index (Phi) is 7.28. The van der Waals surface area contributed by atoms with E-state index in [0.29, 0.717) is 13.2 Å². The van der Waals surface area contributed by atoms with Gasteiger partial charge in [-0.3, -0.25) is 8.86 Å². The molecule has 0 N–H and O–H groups in total. The van der Waals surface area contributed by atoms with E-state index in [1.54, 1.807) is 6.20 Å². The summed E-state index contributed by atoms with van der Waals surface area (Å²) in [6.07, 6.45) is 9.19. The maximum Gasteiger partial charge on any atom is 0.264 e. The van der Waals surface area contributed by atoms with E-state index in [1.165, 1.54) is 0 Å². The number of hydrogen-bond acceptors (Lipinski definition) is 6. The predicted molar refractivity (Wildman–Crippen MR) is 130 cm³/mol. The molecule has 0 atom stereocenters. The monoisotopic (exact) mass is 478 g/mol. The van der Waals surface area contributed by atoms with Gasteiger partial charge in [-0.2, -0.15) is 13.5 Å². The fraction of sp³-hybridized carbons (Fsp3) is 0.545. The Labute approximate surface area is 191 Å². The first-order chi connectivity index (χ1) is 14.9. The van der Waals surface area contributed by atoms with Crippen molar-refractivity contribution in [2.24, 2.45) is 0 Å². The van der Waals surface area contributed by atoms with Gasteiger partial charge in [-0.15, -0.1) is 0 Å². The molecular weight excluding hydrogens is 444 g/mol. The summed E-state index contributed by atoms with van der Waals surface area (Å²) in [7, 11) is -4.57. The molecule has 8 nitrogen and oxygen atoms in total. The van der Waals surface area contributed by atoms with Crippen LogP contribution in [0.2, 0.25) is 25.7 Å². The van der Waals surface area contributed by atoms with Crippen LogP contribution in [0.4, 0.5) is 0 Å². The van der Waals surface area contributed by atoms with Crippen LogP contribution in [-0.2, 0) is 31.3 Å². The number of rotatable bonds is 11. The van der Waals surface area contributed by atoms with Crippen LogP contribution in [0.5, 0.6) is 0 Å².